The van der Waals surface area contributed by atoms with Crippen LogP contribution in [0.1, 0.15) is 24.5 Å². The minimum atomic E-state index is -5.08. The number of carboxylic acids is 1. The second-order valence-electron chi connectivity index (χ2n) is 7.23. The maximum atomic E-state index is 10.6. The molecule has 4 rings (SSSR count). The molecule has 12 heteroatoms. The second-order valence-corrected chi connectivity index (χ2v) is 7.23. The van der Waals surface area contributed by atoms with Crippen molar-refractivity contribution < 1.29 is 32.5 Å². The Labute approximate surface area is 176 Å². The van der Waals surface area contributed by atoms with E-state index in [1.54, 1.807) is 6.20 Å². The summed E-state index contributed by atoms with van der Waals surface area (Å²) in [6.07, 6.45) is -1.01. The van der Waals surface area contributed by atoms with E-state index in [1.165, 1.54) is 12.8 Å². The van der Waals surface area contributed by atoms with Crippen molar-refractivity contribution in [2.24, 2.45) is 5.92 Å². The predicted octanol–water partition coefficient (Wildman–Crippen LogP) is 2.13. The van der Waals surface area contributed by atoms with E-state index in [-0.39, 0.29) is 0 Å². The lowest BCUT2D eigenvalue weighted by molar-refractivity contribution is -0.192. The summed E-state index contributed by atoms with van der Waals surface area (Å²) in [5, 5.41) is 15.8. The number of halogens is 3. The number of nitrogens with zero attached hydrogens (tertiary/aromatic N) is 5. The van der Waals surface area contributed by atoms with Crippen LogP contribution in [0.2, 0.25) is 0 Å². The minimum absolute atomic E-state index is 0.407. The van der Waals surface area contributed by atoms with E-state index >= 15 is 0 Å². The third kappa shape index (κ3) is 6.89. The van der Waals surface area contributed by atoms with Crippen LogP contribution in [0, 0.1) is 5.92 Å². The van der Waals surface area contributed by atoms with Crippen molar-refractivity contribution in [1.82, 2.24) is 24.6 Å². The average Bonchev–Trinajstić information content (AvgIpc) is 3.16. The maximum absolute atomic E-state index is 10.6. The zero-order chi connectivity index (χ0) is 22.3. The highest BCUT2D eigenvalue weighted by atomic mass is 19.4. The van der Waals surface area contributed by atoms with Gasteiger partial charge in [-0.15, -0.1) is 10.2 Å². The number of carbonyl (C=O) groups is 1. The molecular formula is C19H24F3N5O4. The zero-order valence-electron chi connectivity index (χ0n) is 16.8. The fraction of sp³-hybridized carbons (Fsp3) is 0.579. The number of hydrogen-bond acceptors (Lipinski definition) is 7. The predicted molar refractivity (Wildman–Crippen MR) is 101 cm³/mol. The van der Waals surface area contributed by atoms with Crippen LogP contribution in [0.3, 0.4) is 0 Å². The number of fused-ring (bicyclic) bond motifs is 1. The summed E-state index contributed by atoms with van der Waals surface area (Å²) < 4.78 is 45.1. The first kappa shape index (κ1) is 22.9. The van der Waals surface area contributed by atoms with Crippen molar-refractivity contribution >= 4 is 5.97 Å². The van der Waals surface area contributed by atoms with E-state index in [4.69, 9.17) is 19.4 Å². The van der Waals surface area contributed by atoms with E-state index < -0.39 is 12.1 Å². The lowest BCUT2D eigenvalue weighted by Crippen LogP contribution is -2.38. The summed E-state index contributed by atoms with van der Waals surface area (Å²) in [5.74, 6) is 0.522. The quantitative estimate of drug-likeness (QED) is 0.750. The summed E-state index contributed by atoms with van der Waals surface area (Å²) in [5.41, 5.74) is 0. The summed E-state index contributed by atoms with van der Waals surface area (Å²) in [7, 11) is 0. The Morgan fingerprint density at radius 2 is 1.97 bits per heavy atom. The summed E-state index contributed by atoms with van der Waals surface area (Å²) in [6.45, 7) is 6.19. The standard InChI is InChI=1S/C17H23N5O2.C2HF3O2/c1-2-6-18-17(3-1)24-13-16-20-19-15-12-21(7-8-22(15)16)11-14-4-9-23-10-5-14;3-2(4,5)1(6)7/h1-3,6,14H,4-5,7-13H2;(H,6,7). The van der Waals surface area contributed by atoms with Crippen LogP contribution >= 0.6 is 0 Å². The van der Waals surface area contributed by atoms with Crippen molar-refractivity contribution in [2.75, 3.05) is 26.3 Å². The van der Waals surface area contributed by atoms with Gasteiger partial charge in [-0.3, -0.25) is 4.90 Å². The van der Waals surface area contributed by atoms with Gasteiger partial charge in [-0.05, 0) is 24.8 Å². The molecule has 0 bridgehead atoms. The second kappa shape index (κ2) is 10.5. The summed E-state index contributed by atoms with van der Waals surface area (Å²) in [4.78, 5) is 15.6. The SMILES string of the molecule is O=C(O)C(F)(F)F.c1ccc(OCc2nnc3n2CCN(CC2CCOCC2)C3)nc1. The fourth-order valence-corrected chi connectivity index (χ4v) is 3.40. The molecule has 170 valence electrons. The number of hydrogen-bond donors (Lipinski definition) is 1. The van der Waals surface area contributed by atoms with E-state index in [2.05, 4.69) is 24.6 Å². The van der Waals surface area contributed by atoms with Crippen molar-refractivity contribution in [1.29, 1.82) is 0 Å². The number of ether oxygens (including phenoxy) is 2. The third-order valence-electron chi connectivity index (χ3n) is 5.00. The van der Waals surface area contributed by atoms with Gasteiger partial charge in [0.25, 0.3) is 0 Å². The van der Waals surface area contributed by atoms with E-state index in [0.29, 0.717) is 12.5 Å². The molecule has 0 aromatic carbocycles. The monoisotopic (exact) mass is 443 g/mol. The van der Waals surface area contributed by atoms with Gasteiger partial charge in [0.1, 0.15) is 12.4 Å². The molecule has 2 aromatic rings. The highest BCUT2D eigenvalue weighted by Gasteiger charge is 2.38. The van der Waals surface area contributed by atoms with Gasteiger partial charge in [0.05, 0.1) is 6.54 Å². The third-order valence-corrected chi connectivity index (χ3v) is 5.00. The lowest BCUT2D eigenvalue weighted by Gasteiger charge is -2.32. The molecule has 1 saturated heterocycles. The zero-order valence-corrected chi connectivity index (χ0v) is 16.8. The topological polar surface area (TPSA) is 103 Å². The smallest absolute Gasteiger partial charge is 0.475 e. The Kier molecular flexibility index (Phi) is 7.80. The van der Waals surface area contributed by atoms with Gasteiger partial charge >= 0.3 is 12.1 Å². The number of carboxylic acid groups (broad SMARTS) is 1. The van der Waals surface area contributed by atoms with Crippen LogP contribution in [0.5, 0.6) is 5.88 Å². The lowest BCUT2D eigenvalue weighted by atomic mass is 9.99. The first-order valence-corrected chi connectivity index (χ1v) is 9.88. The van der Waals surface area contributed by atoms with Gasteiger partial charge in [-0.25, -0.2) is 9.78 Å². The summed E-state index contributed by atoms with van der Waals surface area (Å²) in [6, 6.07) is 5.64. The first-order valence-electron chi connectivity index (χ1n) is 9.88. The van der Waals surface area contributed by atoms with Crippen molar-refractivity contribution in [3.05, 3.63) is 36.0 Å². The molecule has 31 heavy (non-hydrogen) atoms. The Hall–Kier alpha value is -2.73. The fourth-order valence-electron chi connectivity index (χ4n) is 3.40. The van der Waals surface area contributed by atoms with Crippen molar-refractivity contribution in [3.8, 4) is 5.88 Å². The largest absolute Gasteiger partial charge is 0.490 e. The van der Waals surface area contributed by atoms with Crippen molar-refractivity contribution in [3.63, 3.8) is 0 Å². The first-order chi connectivity index (χ1) is 14.8. The molecule has 0 atom stereocenters. The number of aromatic nitrogens is 4. The van der Waals surface area contributed by atoms with Crippen LogP contribution in [-0.4, -0.2) is 68.2 Å². The molecular weight excluding hydrogens is 419 g/mol. The Balaban J connectivity index is 0.000000339. The Bertz CT molecular complexity index is 841. The van der Waals surface area contributed by atoms with Crippen LogP contribution < -0.4 is 4.74 Å². The van der Waals surface area contributed by atoms with E-state index in [1.807, 2.05) is 18.2 Å². The van der Waals surface area contributed by atoms with Gasteiger partial charge in [-0.2, -0.15) is 13.2 Å². The van der Waals surface area contributed by atoms with E-state index in [0.717, 1.165) is 57.0 Å². The molecule has 9 nitrogen and oxygen atoms in total. The molecule has 0 spiro atoms. The average molecular weight is 443 g/mol. The van der Waals surface area contributed by atoms with Crippen LogP contribution in [0.25, 0.3) is 0 Å². The van der Waals surface area contributed by atoms with Gasteiger partial charge in [0, 0.05) is 45.1 Å². The van der Waals surface area contributed by atoms with Gasteiger partial charge in [0.2, 0.25) is 5.88 Å². The molecule has 1 N–H and O–H groups in total. The highest BCUT2D eigenvalue weighted by molar-refractivity contribution is 5.73. The molecule has 1 fully saturated rings. The molecule has 2 aliphatic heterocycles. The van der Waals surface area contributed by atoms with Crippen LogP contribution in [0.15, 0.2) is 24.4 Å². The van der Waals surface area contributed by atoms with Gasteiger partial charge in [-0.1, -0.05) is 6.07 Å². The van der Waals surface area contributed by atoms with Gasteiger partial charge in [0.15, 0.2) is 5.82 Å². The van der Waals surface area contributed by atoms with Crippen LogP contribution in [-0.2, 0) is 29.2 Å². The Morgan fingerprint density at radius 1 is 1.23 bits per heavy atom. The molecule has 0 unspecified atom stereocenters. The normalized spacial score (nSPS) is 17.4. The molecule has 0 radical (unpaired) electrons. The highest BCUT2D eigenvalue weighted by Crippen LogP contribution is 2.20. The number of rotatable bonds is 5. The molecule has 0 aliphatic carbocycles. The maximum Gasteiger partial charge on any atom is 0.490 e. The minimum Gasteiger partial charge on any atom is -0.475 e. The van der Waals surface area contributed by atoms with Crippen LogP contribution in [0.4, 0.5) is 13.2 Å². The number of pyridine rings is 1. The molecule has 2 aromatic heterocycles. The summed E-state index contributed by atoms with van der Waals surface area (Å²) >= 11 is 0. The molecule has 2 aliphatic rings. The number of aliphatic carboxylic acids is 1. The van der Waals surface area contributed by atoms with Gasteiger partial charge < -0.3 is 19.1 Å². The molecule has 0 saturated carbocycles. The number of alkyl halides is 3. The molecule has 0 amide bonds. The molecule has 4 heterocycles. The van der Waals surface area contributed by atoms with Crippen molar-refractivity contribution in [2.45, 2.75) is 38.7 Å². The Morgan fingerprint density at radius 3 is 2.61 bits per heavy atom. The van der Waals surface area contributed by atoms with E-state index in [9.17, 15) is 13.2 Å².